The molecule has 2 heterocycles. The van der Waals surface area contributed by atoms with Crippen LogP contribution in [0.3, 0.4) is 0 Å². The molecule has 9 heteroatoms. The standard InChI is InChI=1S/C18H23N3O3S2.ClH/c19-9-3-4-10-20-18(22)17-16(8-12-25-17)26(23,24)21-11-7-14-5-1-2-6-15(14)13-21;/h1-2,5-6,8,12H,3-4,7,9-11,13,19H2,(H,20,22);1H. The van der Waals surface area contributed by atoms with Crippen LogP contribution in [-0.4, -0.2) is 38.3 Å². The fourth-order valence-corrected chi connectivity index (χ4v) is 5.77. The van der Waals surface area contributed by atoms with Crippen LogP contribution >= 0.6 is 23.7 Å². The Kier molecular flexibility index (Phi) is 7.81. The van der Waals surface area contributed by atoms with Gasteiger partial charge in [-0.3, -0.25) is 4.79 Å². The van der Waals surface area contributed by atoms with Gasteiger partial charge >= 0.3 is 0 Å². The second kappa shape index (κ2) is 9.66. The van der Waals surface area contributed by atoms with Crippen molar-refractivity contribution in [3.05, 3.63) is 51.7 Å². The van der Waals surface area contributed by atoms with Crippen LogP contribution in [0.4, 0.5) is 0 Å². The van der Waals surface area contributed by atoms with Gasteiger partial charge in [0.05, 0.1) is 0 Å². The number of thiophene rings is 1. The molecular weight excluding hydrogens is 406 g/mol. The fraction of sp³-hybridized carbons (Fsp3) is 0.389. The zero-order valence-corrected chi connectivity index (χ0v) is 17.3. The average molecular weight is 430 g/mol. The van der Waals surface area contributed by atoms with Gasteiger partial charge in [-0.2, -0.15) is 4.31 Å². The van der Waals surface area contributed by atoms with Gasteiger partial charge in [0.25, 0.3) is 5.91 Å². The summed E-state index contributed by atoms with van der Waals surface area (Å²) >= 11 is 1.16. The van der Waals surface area contributed by atoms with E-state index in [1.807, 2.05) is 24.3 Å². The molecule has 0 aliphatic carbocycles. The predicted molar refractivity (Wildman–Crippen MR) is 110 cm³/mol. The van der Waals surface area contributed by atoms with E-state index in [2.05, 4.69) is 5.32 Å². The van der Waals surface area contributed by atoms with Crippen LogP contribution < -0.4 is 11.1 Å². The number of hydrogen-bond donors (Lipinski definition) is 2. The zero-order chi connectivity index (χ0) is 18.6. The van der Waals surface area contributed by atoms with E-state index in [1.54, 1.807) is 5.38 Å². The first-order chi connectivity index (χ1) is 12.5. The number of nitrogens with two attached hydrogens (primary N) is 1. The van der Waals surface area contributed by atoms with Gasteiger partial charge in [-0.25, -0.2) is 8.42 Å². The lowest BCUT2D eigenvalue weighted by Crippen LogP contribution is -2.36. The molecule has 6 nitrogen and oxygen atoms in total. The monoisotopic (exact) mass is 429 g/mol. The average Bonchev–Trinajstić information content (AvgIpc) is 3.15. The Morgan fingerprint density at radius 2 is 1.93 bits per heavy atom. The number of amides is 1. The van der Waals surface area contributed by atoms with Crippen molar-refractivity contribution >= 4 is 39.7 Å². The molecule has 27 heavy (non-hydrogen) atoms. The molecule has 3 N–H and O–H groups in total. The van der Waals surface area contributed by atoms with E-state index in [0.717, 1.165) is 29.7 Å². The Labute approximate surface area is 170 Å². The van der Waals surface area contributed by atoms with E-state index in [0.29, 0.717) is 32.6 Å². The Bertz CT molecular complexity index is 883. The molecule has 1 aromatic heterocycles. The molecule has 1 aromatic carbocycles. The molecule has 0 fully saturated rings. The second-order valence-electron chi connectivity index (χ2n) is 6.22. The van der Waals surface area contributed by atoms with Gasteiger partial charge in [0.1, 0.15) is 9.77 Å². The summed E-state index contributed by atoms with van der Waals surface area (Å²) in [5.41, 5.74) is 7.64. The lowest BCUT2D eigenvalue weighted by atomic mass is 10.0. The smallest absolute Gasteiger partial charge is 0.262 e. The van der Waals surface area contributed by atoms with Crippen molar-refractivity contribution in [2.75, 3.05) is 19.6 Å². The van der Waals surface area contributed by atoms with Crippen LogP contribution in [0.25, 0.3) is 0 Å². The molecule has 0 unspecified atom stereocenters. The number of halogens is 1. The number of carbonyl (C=O) groups is 1. The second-order valence-corrected chi connectivity index (χ2v) is 9.05. The molecule has 0 atom stereocenters. The zero-order valence-electron chi connectivity index (χ0n) is 14.9. The van der Waals surface area contributed by atoms with Crippen molar-refractivity contribution in [2.45, 2.75) is 30.7 Å². The molecule has 0 radical (unpaired) electrons. The highest BCUT2D eigenvalue weighted by Gasteiger charge is 2.32. The largest absolute Gasteiger partial charge is 0.351 e. The number of sulfonamides is 1. The molecule has 2 aromatic rings. The van der Waals surface area contributed by atoms with Crippen molar-refractivity contribution in [3.8, 4) is 0 Å². The Morgan fingerprint density at radius 3 is 2.67 bits per heavy atom. The quantitative estimate of drug-likeness (QED) is 0.661. The van der Waals surface area contributed by atoms with Crippen molar-refractivity contribution in [3.63, 3.8) is 0 Å². The van der Waals surface area contributed by atoms with Gasteiger partial charge in [0.2, 0.25) is 10.0 Å². The van der Waals surface area contributed by atoms with Gasteiger partial charge in [-0.1, -0.05) is 24.3 Å². The molecule has 1 amide bonds. The molecule has 3 rings (SSSR count). The third-order valence-electron chi connectivity index (χ3n) is 4.47. The summed E-state index contributed by atoms with van der Waals surface area (Å²) < 4.78 is 27.7. The number of rotatable bonds is 7. The third-order valence-corrected chi connectivity index (χ3v) is 7.40. The van der Waals surface area contributed by atoms with E-state index in [1.165, 1.54) is 15.9 Å². The number of hydrogen-bond acceptors (Lipinski definition) is 5. The topological polar surface area (TPSA) is 92.5 Å². The number of fused-ring (bicyclic) bond motifs is 1. The maximum Gasteiger partial charge on any atom is 0.262 e. The van der Waals surface area contributed by atoms with E-state index in [4.69, 9.17) is 5.73 Å². The Balaban J connectivity index is 0.00000261. The van der Waals surface area contributed by atoms with E-state index in [-0.39, 0.29) is 28.1 Å². The van der Waals surface area contributed by atoms with Crippen LogP contribution in [0.15, 0.2) is 40.6 Å². The van der Waals surface area contributed by atoms with Gasteiger partial charge in [-0.15, -0.1) is 23.7 Å². The summed E-state index contributed by atoms with van der Waals surface area (Å²) in [5, 5.41) is 4.44. The summed E-state index contributed by atoms with van der Waals surface area (Å²) in [7, 11) is -3.71. The third kappa shape index (κ3) is 4.89. The molecule has 0 bridgehead atoms. The molecule has 0 spiro atoms. The number of unbranched alkanes of at least 4 members (excludes halogenated alkanes) is 1. The van der Waals surface area contributed by atoms with Crippen molar-refractivity contribution in [2.24, 2.45) is 5.73 Å². The highest BCUT2D eigenvalue weighted by molar-refractivity contribution is 7.89. The lowest BCUT2D eigenvalue weighted by Gasteiger charge is -2.28. The van der Waals surface area contributed by atoms with Gasteiger partial charge in [-0.05, 0) is 48.4 Å². The minimum atomic E-state index is -3.71. The summed E-state index contributed by atoms with van der Waals surface area (Å²) in [6, 6.07) is 9.39. The van der Waals surface area contributed by atoms with Gasteiger partial charge in [0, 0.05) is 19.6 Å². The maximum atomic E-state index is 13.1. The minimum absolute atomic E-state index is 0. The summed E-state index contributed by atoms with van der Waals surface area (Å²) in [4.78, 5) is 12.7. The van der Waals surface area contributed by atoms with E-state index >= 15 is 0 Å². The summed E-state index contributed by atoms with van der Waals surface area (Å²) in [6.45, 7) is 1.83. The highest BCUT2D eigenvalue weighted by Crippen LogP contribution is 2.29. The molecular formula is C18H24ClN3O3S2. The number of nitrogens with zero attached hydrogens (tertiary/aromatic N) is 1. The Morgan fingerprint density at radius 1 is 1.19 bits per heavy atom. The van der Waals surface area contributed by atoms with Crippen molar-refractivity contribution < 1.29 is 13.2 Å². The summed E-state index contributed by atoms with van der Waals surface area (Å²) in [5.74, 6) is -0.340. The minimum Gasteiger partial charge on any atom is -0.351 e. The SMILES string of the molecule is Cl.NCCCCNC(=O)c1sccc1S(=O)(=O)N1CCc2ccccc2C1. The van der Waals surface area contributed by atoms with Crippen LogP contribution in [0.5, 0.6) is 0 Å². The Hall–Kier alpha value is -1.45. The molecule has 1 aliphatic rings. The molecule has 0 saturated heterocycles. The fourth-order valence-electron chi connectivity index (χ4n) is 3.03. The van der Waals surface area contributed by atoms with Crippen LogP contribution in [-0.2, 0) is 23.0 Å². The van der Waals surface area contributed by atoms with Crippen LogP contribution in [0.2, 0.25) is 0 Å². The van der Waals surface area contributed by atoms with E-state index in [9.17, 15) is 13.2 Å². The summed E-state index contributed by atoms with van der Waals surface area (Å²) in [6.07, 6.45) is 2.28. The van der Waals surface area contributed by atoms with Gasteiger partial charge < -0.3 is 11.1 Å². The van der Waals surface area contributed by atoms with Gasteiger partial charge in [0.15, 0.2) is 0 Å². The van der Waals surface area contributed by atoms with Crippen LogP contribution in [0, 0.1) is 0 Å². The molecule has 0 saturated carbocycles. The van der Waals surface area contributed by atoms with Crippen LogP contribution in [0.1, 0.15) is 33.6 Å². The number of benzene rings is 1. The first-order valence-corrected chi connectivity index (χ1v) is 11.0. The molecule has 1 aliphatic heterocycles. The van der Waals surface area contributed by atoms with Crippen molar-refractivity contribution in [1.29, 1.82) is 0 Å². The highest BCUT2D eigenvalue weighted by atomic mass is 35.5. The maximum absolute atomic E-state index is 13.1. The number of carbonyl (C=O) groups excluding carboxylic acids is 1. The first kappa shape index (κ1) is 21.8. The number of nitrogens with one attached hydrogen (secondary N) is 1. The lowest BCUT2D eigenvalue weighted by molar-refractivity contribution is 0.0954. The normalized spacial score (nSPS) is 14.3. The molecule has 148 valence electrons. The van der Waals surface area contributed by atoms with Crippen molar-refractivity contribution in [1.82, 2.24) is 9.62 Å². The first-order valence-electron chi connectivity index (χ1n) is 8.66. The van der Waals surface area contributed by atoms with E-state index < -0.39 is 10.0 Å². The predicted octanol–water partition coefficient (Wildman–Crippen LogP) is 2.39.